The highest BCUT2D eigenvalue weighted by Gasteiger charge is 2.22. The molecule has 0 radical (unpaired) electrons. The lowest BCUT2D eigenvalue weighted by molar-refractivity contribution is 1.27. The Morgan fingerprint density at radius 3 is 1.37 bits per heavy atom. The van der Waals surface area contributed by atoms with Gasteiger partial charge in [-0.1, -0.05) is 158 Å². The Labute approximate surface area is 330 Å². The Balaban J connectivity index is 1.15. The van der Waals surface area contributed by atoms with Crippen LogP contribution in [-0.2, 0) is 6.42 Å². The van der Waals surface area contributed by atoms with Crippen molar-refractivity contribution in [3.05, 3.63) is 217 Å². The van der Waals surface area contributed by atoms with Gasteiger partial charge in [0.15, 0.2) is 0 Å². The molecular weight excluding hydrogens is 689 g/mol. The van der Waals surface area contributed by atoms with Crippen LogP contribution in [0.1, 0.15) is 11.1 Å². The molecule has 9 aromatic carbocycles. The fourth-order valence-electron chi connectivity index (χ4n) is 9.61. The lowest BCUT2D eigenvalue weighted by Gasteiger charge is -2.26. The van der Waals surface area contributed by atoms with Gasteiger partial charge in [-0.15, -0.1) is 0 Å². The molecule has 0 fully saturated rings. The monoisotopic (exact) mass is 724 g/mol. The predicted molar refractivity (Wildman–Crippen MR) is 242 cm³/mol. The molecule has 266 valence electrons. The van der Waals surface area contributed by atoms with Gasteiger partial charge in [0.05, 0.1) is 16.6 Å². The number of anilines is 3. The van der Waals surface area contributed by atoms with Crippen molar-refractivity contribution in [1.82, 2.24) is 4.40 Å². The predicted octanol–water partition coefficient (Wildman–Crippen LogP) is 15.0. The molecule has 2 nitrogen and oxygen atoms in total. The molecule has 11 aromatic rings. The van der Waals surface area contributed by atoms with Crippen LogP contribution in [0.2, 0.25) is 0 Å². The summed E-state index contributed by atoms with van der Waals surface area (Å²) in [6.07, 6.45) is 0.964. The maximum Gasteiger partial charge on any atom is 0.0619 e. The topological polar surface area (TPSA) is 7.65 Å². The van der Waals surface area contributed by atoms with E-state index in [0.717, 1.165) is 23.5 Å². The molecule has 57 heavy (non-hydrogen) atoms. The lowest BCUT2D eigenvalue weighted by Crippen LogP contribution is -2.09. The number of rotatable bonds is 5. The summed E-state index contributed by atoms with van der Waals surface area (Å²) >= 11 is 0. The fourth-order valence-corrected chi connectivity index (χ4v) is 9.61. The van der Waals surface area contributed by atoms with E-state index in [-0.39, 0.29) is 0 Å². The number of hydrogen-bond donors (Lipinski definition) is 0. The van der Waals surface area contributed by atoms with Gasteiger partial charge in [-0.05, 0) is 110 Å². The Morgan fingerprint density at radius 2 is 0.754 bits per heavy atom. The van der Waals surface area contributed by atoms with Crippen LogP contribution in [0.5, 0.6) is 0 Å². The quantitative estimate of drug-likeness (QED) is 0.171. The van der Waals surface area contributed by atoms with Crippen LogP contribution in [0.15, 0.2) is 206 Å². The van der Waals surface area contributed by atoms with Crippen LogP contribution in [0.25, 0.3) is 81.9 Å². The summed E-state index contributed by atoms with van der Waals surface area (Å²) in [5, 5.41) is 10.4. The average molecular weight is 725 g/mol. The van der Waals surface area contributed by atoms with E-state index in [2.05, 4.69) is 216 Å². The molecule has 0 aliphatic heterocycles. The third-order valence-electron chi connectivity index (χ3n) is 12.2. The Morgan fingerprint density at radius 1 is 0.316 bits per heavy atom. The minimum absolute atomic E-state index is 0.964. The largest absolute Gasteiger partial charge is 0.310 e. The van der Waals surface area contributed by atoms with E-state index in [4.69, 9.17) is 0 Å². The van der Waals surface area contributed by atoms with Crippen LogP contribution in [-0.4, -0.2) is 4.40 Å². The van der Waals surface area contributed by atoms with Gasteiger partial charge in [0.25, 0.3) is 0 Å². The summed E-state index contributed by atoms with van der Waals surface area (Å²) in [6, 6.07) is 75.9. The van der Waals surface area contributed by atoms with Gasteiger partial charge in [-0.3, -0.25) is 0 Å². The zero-order valence-electron chi connectivity index (χ0n) is 31.2. The van der Waals surface area contributed by atoms with E-state index in [1.165, 1.54) is 93.0 Å². The summed E-state index contributed by atoms with van der Waals surface area (Å²) < 4.78 is 2.53. The summed E-state index contributed by atoms with van der Waals surface area (Å²) in [5.41, 5.74) is 14.6. The number of para-hydroxylation sites is 2. The van der Waals surface area contributed by atoms with Crippen LogP contribution in [0.3, 0.4) is 0 Å². The van der Waals surface area contributed by atoms with Crippen molar-refractivity contribution in [1.29, 1.82) is 0 Å². The Hall–Kier alpha value is -7.42. The SMILES string of the molecule is c1ccc(-c2ccc(N(c3ccc(-c4ccccc4)cc3)c3ccc4c(c3)c3cccc5c6cccc7c6c6c(cccc6c6ccccc6n4c53)C7)cc2)cc1. The molecule has 0 spiro atoms. The van der Waals surface area contributed by atoms with Crippen molar-refractivity contribution in [3.63, 3.8) is 0 Å². The molecule has 0 bridgehead atoms. The van der Waals surface area contributed by atoms with E-state index in [0.29, 0.717) is 0 Å². The van der Waals surface area contributed by atoms with E-state index in [1.54, 1.807) is 0 Å². The highest BCUT2D eigenvalue weighted by Crippen LogP contribution is 2.45. The summed E-state index contributed by atoms with van der Waals surface area (Å²) in [4.78, 5) is 2.40. The maximum atomic E-state index is 2.53. The molecule has 1 aliphatic carbocycles. The van der Waals surface area contributed by atoms with E-state index >= 15 is 0 Å². The number of fused-ring (bicyclic) bond motifs is 7. The number of hydrogen-bond acceptors (Lipinski definition) is 1. The van der Waals surface area contributed by atoms with Crippen molar-refractivity contribution in [3.8, 4) is 22.3 Å². The number of benzene rings is 9. The van der Waals surface area contributed by atoms with Gasteiger partial charge in [-0.25, -0.2) is 0 Å². The number of nitrogens with zero attached hydrogens (tertiary/aromatic N) is 2. The maximum absolute atomic E-state index is 2.53. The van der Waals surface area contributed by atoms with Gasteiger partial charge < -0.3 is 9.30 Å². The molecule has 0 saturated carbocycles. The molecule has 2 aromatic heterocycles. The summed E-state index contributed by atoms with van der Waals surface area (Å²) in [5.74, 6) is 0. The van der Waals surface area contributed by atoms with Crippen molar-refractivity contribution in [2.75, 3.05) is 4.90 Å². The first-order valence-corrected chi connectivity index (χ1v) is 19.8. The van der Waals surface area contributed by atoms with Gasteiger partial charge in [0.2, 0.25) is 0 Å². The summed E-state index contributed by atoms with van der Waals surface area (Å²) in [6.45, 7) is 0. The highest BCUT2D eigenvalue weighted by atomic mass is 15.1. The van der Waals surface area contributed by atoms with Crippen molar-refractivity contribution in [2.45, 2.75) is 6.42 Å². The molecule has 0 amide bonds. The normalized spacial score (nSPS) is 12.1. The second-order valence-corrected chi connectivity index (χ2v) is 15.3. The lowest BCUT2D eigenvalue weighted by atomic mass is 10.0. The second kappa shape index (κ2) is 12.6. The van der Waals surface area contributed by atoms with E-state index < -0.39 is 0 Å². The first-order chi connectivity index (χ1) is 28.3. The molecular formula is C55H36N2. The van der Waals surface area contributed by atoms with Crippen molar-refractivity contribution in [2.24, 2.45) is 0 Å². The van der Waals surface area contributed by atoms with Gasteiger partial charge >= 0.3 is 0 Å². The molecule has 2 heteroatoms. The van der Waals surface area contributed by atoms with Crippen LogP contribution in [0.4, 0.5) is 17.1 Å². The molecule has 2 heterocycles. The molecule has 0 N–H and O–H groups in total. The zero-order valence-corrected chi connectivity index (χ0v) is 31.2. The minimum atomic E-state index is 0.964. The Bertz CT molecular complexity index is 3310. The highest BCUT2D eigenvalue weighted by molar-refractivity contribution is 6.27. The van der Waals surface area contributed by atoms with Gasteiger partial charge in [0, 0.05) is 38.6 Å². The molecule has 0 saturated heterocycles. The zero-order chi connectivity index (χ0) is 37.5. The number of aromatic nitrogens is 1. The van der Waals surface area contributed by atoms with Crippen molar-refractivity contribution < 1.29 is 0 Å². The first-order valence-electron chi connectivity index (χ1n) is 19.8. The molecule has 0 unspecified atom stereocenters. The molecule has 0 atom stereocenters. The first kappa shape index (κ1) is 31.9. The minimum Gasteiger partial charge on any atom is -0.310 e. The molecule has 1 aliphatic rings. The smallest absolute Gasteiger partial charge is 0.0619 e. The third kappa shape index (κ3) is 4.91. The average Bonchev–Trinajstić information content (AvgIpc) is 3.84. The van der Waals surface area contributed by atoms with E-state index in [9.17, 15) is 0 Å². The van der Waals surface area contributed by atoms with Crippen LogP contribution < -0.4 is 4.90 Å². The third-order valence-corrected chi connectivity index (χ3v) is 12.2. The van der Waals surface area contributed by atoms with Crippen LogP contribution >= 0.6 is 0 Å². The van der Waals surface area contributed by atoms with Crippen LogP contribution in [0, 0.1) is 0 Å². The fraction of sp³-hybridized carbons (Fsp3) is 0.0182. The van der Waals surface area contributed by atoms with Gasteiger partial charge in [-0.2, -0.15) is 0 Å². The Kier molecular flexibility index (Phi) is 7.02. The standard InChI is InChI=1S/C55H36N2/c1-3-12-36(13-4-1)38-24-28-42(29-25-38)56(43-30-26-39(27-31-43)37-14-5-2-6-15-37)44-32-33-52-50(35-44)49-22-11-21-48-47-20-10-17-41-34-40-16-9-19-46(53(40)54(41)47)45-18-7-8-23-51(45)57(52)55(48)49/h1-33,35H,34H2. The summed E-state index contributed by atoms with van der Waals surface area (Å²) in [7, 11) is 0. The second-order valence-electron chi connectivity index (χ2n) is 15.3. The molecule has 12 rings (SSSR count). The van der Waals surface area contributed by atoms with Gasteiger partial charge in [0.1, 0.15) is 0 Å². The van der Waals surface area contributed by atoms with Crippen molar-refractivity contribution >= 4 is 76.7 Å². The van der Waals surface area contributed by atoms with E-state index in [1.807, 2.05) is 0 Å².